The van der Waals surface area contributed by atoms with Crippen molar-refractivity contribution in [1.82, 2.24) is 5.32 Å². The molecule has 1 aliphatic rings. The van der Waals surface area contributed by atoms with Crippen molar-refractivity contribution in [2.75, 3.05) is 13.7 Å². The smallest absolute Gasteiger partial charge is 0.243 e. The van der Waals surface area contributed by atoms with E-state index in [2.05, 4.69) is 18.8 Å². The monoisotopic (exact) mass is 211 g/mol. The molecule has 0 aromatic heterocycles. The number of ether oxygens (including phenoxy) is 1. The highest BCUT2D eigenvalue weighted by Gasteiger charge is 2.34. The second-order valence-electron chi connectivity index (χ2n) is 4.49. The van der Waals surface area contributed by atoms with E-state index in [0.717, 1.165) is 18.8 Å². The average Bonchev–Trinajstić information content (AvgIpc) is 2.28. The van der Waals surface area contributed by atoms with Crippen LogP contribution in [0.3, 0.4) is 0 Å². The van der Waals surface area contributed by atoms with Crippen LogP contribution in [-0.4, -0.2) is 25.2 Å². The lowest BCUT2D eigenvalue weighted by molar-refractivity contribution is -0.119. The molecule has 3 nitrogen and oxygen atoms in total. The third kappa shape index (κ3) is 3.34. The maximum Gasteiger partial charge on any atom is 0.243 e. The van der Waals surface area contributed by atoms with Gasteiger partial charge in [0.15, 0.2) is 0 Å². The first-order chi connectivity index (χ1) is 7.12. The standard InChI is InChI=1S/C12H21NO2/c1-4-11(14)13-9-12(15-3)7-5-10(2)6-8-12/h4,10H,1,5-9H2,2-3H3,(H,13,14). The largest absolute Gasteiger partial charge is 0.376 e. The Morgan fingerprint density at radius 1 is 1.60 bits per heavy atom. The van der Waals surface area contributed by atoms with Gasteiger partial charge < -0.3 is 10.1 Å². The van der Waals surface area contributed by atoms with Gasteiger partial charge in [0.2, 0.25) is 5.91 Å². The summed E-state index contributed by atoms with van der Waals surface area (Å²) in [4.78, 5) is 11.1. The van der Waals surface area contributed by atoms with Crippen molar-refractivity contribution in [2.24, 2.45) is 5.92 Å². The number of nitrogens with one attached hydrogen (secondary N) is 1. The highest BCUT2D eigenvalue weighted by atomic mass is 16.5. The molecule has 0 aromatic rings. The summed E-state index contributed by atoms with van der Waals surface area (Å²) in [5.41, 5.74) is -0.148. The molecule has 1 saturated carbocycles. The van der Waals surface area contributed by atoms with E-state index in [1.165, 1.54) is 18.9 Å². The molecule has 1 amide bonds. The summed E-state index contributed by atoms with van der Waals surface area (Å²) in [5, 5.41) is 2.83. The quantitative estimate of drug-likeness (QED) is 0.721. The summed E-state index contributed by atoms with van der Waals surface area (Å²) >= 11 is 0. The molecular weight excluding hydrogens is 190 g/mol. The molecule has 0 unspecified atom stereocenters. The minimum Gasteiger partial charge on any atom is -0.376 e. The Labute approximate surface area is 91.9 Å². The normalized spacial score (nSPS) is 30.9. The molecule has 0 atom stereocenters. The molecular formula is C12H21NO2. The average molecular weight is 211 g/mol. The molecule has 0 bridgehead atoms. The van der Waals surface area contributed by atoms with E-state index in [0.29, 0.717) is 6.54 Å². The number of methoxy groups -OCH3 is 1. The van der Waals surface area contributed by atoms with Crippen LogP contribution in [0.5, 0.6) is 0 Å². The number of hydrogen-bond acceptors (Lipinski definition) is 2. The molecule has 1 rings (SSSR count). The van der Waals surface area contributed by atoms with Gasteiger partial charge >= 0.3 is 0 Å². The van der Waals surface area contributed by atoms with Crippen LogP contribution in [-0.2, 0) is 9.53 Å². The van der Waals surface area contributed by atoms with Gasteiger partial charge in [0.1, 0.15) is 0 Å². The molecule has 1 aliphatic carbocycles. The zero-order valence-electron chi connectivity index (χ0n) is 9.71. The van der Waals surface area contributed by atoms with Crippen LogP contribution in [0.4, 0.5) is 0 Å². The Hall–Kier alpha value is -0.830. The van der Waals surface area contributed by atoms with Gasteiger partial charge in [-0.05, 0) is 37.7 Å². The highest BCUT2D eigenvalue weighted by Crippen LogP contribution is 2.33. The third-order valence-electron chi connectivity index (χ3n) is 3.39. The molecule has 1 fully saturated rings. The molecule has 0 radical (unpaired) electrons. The number of rotatable bonds is 4. The molecule has 86 valence electrons. The summed E-state index contributed by atoms with van der Waals surface area (Å²) < 4.78 is 5.57. The lowest BCUT2D eigenvalue weighted by Crippen LogP contribution is -2.46. The first-order valence-corrected chi connectivity index (χ1v) is 5.57. The molecule has 0 spiro atoms. The fourth-order valence-corrected chi connectivity index (χ4v) is 2.06. The van der Waals surface area contributed by atoms with Gasteiger partial charge in [-0.15, -0.1) is 0 Å². The predicted molar refractivity (Wildman–Crippen MR) is 60.6 cm³/mol. The van der Waals surface area contributed by atoms with Crippen molar-refractivity contribution in [3.05, 3.63) is 12.7 Å². The first kappa shape index (κ1) is 12.2. The Morgan fingerprint density at radius 3 is 2.67 bits per heavy atom. The number of carbonyl (C=O) groups is 1. The Kier molecular flexibility index (Phi) is 4.33. The van der Waals surface area contributed by atoms with E-state index < -0.39 is 0 Å². The van der Waals surface area contributed by atoms with Gasteiger partial charge in [-0.3, -0.25) is 4.79 Å². The zero-order valence-corrected chi connectivity index (χ0v) is 9.71. The fourth-order valence-electron chi connectivity index (χ4n) is 2.06. The van der Waals surface area contributed by atoms with Gasteiger partial charge in [-0.25, -0.2) is 0 Å². The van der Waals surface area contributed by atoms with E-state index in [4.69, 9.17) is 4.74 Å². The van der Waals surface area contributed by atoms with Crippen LogP contribution >= 0.6 is 0 Å². The van der Waals surface area contributed by atoms with Crippen molar-refractivity contribution >= 4 is 5.91 Å². The summed E-state index contributed by atoms with van der Waals surface area (Å²) in [6.07, 6.45) is 5.72. The van der Waals surface area contributed by atoms with E-state index in [1.54, 1.807) is 7.11 Å². The van der Waals surface area contributed by atoms with Gasteiger partial charge in [0.05, 0.1) is 5.60 Å². The Morgan fingerprint density at radius 2 is 2.20 bits per heavy atom. The lowest BCUT2D eigenvalue weighted by Gasteiger charge is -2.38. The van der Waals surface area contributed by atoms with E-state index >= 15 is 0 Å². The first-order valence-electron chi connectivity index (χ1n) is 5.57. The van der Waals surface area contributed by atoms with E-state index in [1.807, 2.05) is 0 Å². The van der Waals surface area contributed by atoms with Crippen LogP contribution in [0.2, 0.25) is 0 Å². The Balaban J connectivity index is 2.46. The molecule has 0 aliphatic heterocycles. The van der Waals surface area contributed by atoms with Crippen molar-refractivity contribution in [1.29, 1.82) is 0 Å². The molecule has 3 heteroatoms. The van der Waals surface area contributed by atoms with Crippen molar-refractivity contribution in [2.45, 2.75) is 38.2 Å². The third-order valence-corrected chi connectivity index (χ3v) is 3.39. The minimum absolute atomic E-state index is 0.120. The Bertz CT molecular complexity index is 230. The highest BCUT2D eigenvalue weighted by molar-refractivity contribution is 5.86. The second-order valence-corrected chi connectivity index (χ2v) is 4.49. The minimum atomic E-state index is -0.148. The van der Waals surface area contributed by atoms with Crippen molar-refractivity contribution in [3.63, 3.8) is 0 Å². The van der Waals surface area contributed by atoms with Crippen LogP contribution < -0.4 is 5.32 Å². The van der Waals surface area contributed by atoms with Crippen molar-refractivity contribution < 1.29 is 9.53 Å². The van der Waals surface area contributed by atoms with Gasteiger partial charge in [0, 0.05) is 13.7 Å². The van der Waals surface area contributed by atoms with Crippen molar-refractivity contribution in [3.8, 4) is 0 Å². The lowest BCUT2D eigenvalue weighted by atomic mass is 9.79. The van der Waals surface area contributed by atoms with Crippen LogP contribution in [0.1, 0.15) is 32.6 Å². The predicted octanol–water partition coefficient (Wildman–Crippen LogP) is 1.88. The number of amides is 1. The molecule has 0 heterocycles. The maximum atomic E-state index is 11.1. The van der Waals surface area contributed by atoms with Gasteiger partial charge in [-0.2, -0.15) is 0 Å². The molecule has 15 heavy (non-hydrogen) atoms. The van der Waals surface area contributed by atoms with E-state index in [-0.39, 0.29) is 11.5 Å². The fraction of sp³-hybridized carbons (Fsp3) is 0.750. The topological polar surface area (TPSA) is 38.3 Å². The summed E-state index contributed by atoms with van der Waals surface area (Å²) in [6.45, 7) is 6.30. The second kappa shape index (κ2) is 5.31. The summed E-state index contributed by atoms with van der Waals surface area (Å²) in [6, 6.07) is 0. The SMILES string of the molecule is C=CC(=O)NCC1(OC)CCC(C)CC1. The van der Waals surface area contributed by atoms with Gasteiger partial charge in [-0.1, -0.05) is 13.5 Å². The summed E-state index contributed by atoms with van der Waals surface area (Å²) in [7, 11) is 1.73. The van der Waals surface area contributed by atoms with Crippen LogP contribution in [0, 0.1) is 5.92 Å². The number of hydrogen-bond donors (Lipinski definition) is 1. The van der Waals surface area contributed by atoms with E-state index in [9.17, 15) is 4.79 Å². The molecule has 1 N–H and O–H groups in total. The molecule has 0 saturated heterocycles. The summed E-state index contributed by atoms with van der Waals surface area (Å²) in [5.74, 6) is 0.661. The number of carbonyl (C=O) groups excluding carboxylic acids is 1. The van der Waals surface area contributed by atoms with Crippen LogP contribution in [0.25, 0.3) is 0 Å². The van der Waals surface area contributed by atoms with Gasteiger partial charge in [0.25, 0.3) is 0 Å². The maximum absolute atomic E-state index is 11.1. The van der Waals surface area contributed by atoms with Crippen LogP contribution in [0.15, 0.2) is 12.7 Å². The molecule has 0 aromatic carbocycles. The zero-order chi connectivity index (χ0) is 11.3.